The zero-order valence-corrected chi connectivity index (χ0v) is 10.1. The Morgan fingerprint density at radius 2 is 2.14 bits per heavy atom. The fourth-order valence-electron chi connectivity index (χ4n) is 1.78. The Bertz CT molecular complexity index is 316. The second-order valence-corrected chi connectivity index (χ2v) is 5.03. The number of benzene rings is 1. The molecule has 0 aliphatic heterocycles. The van der Waals surface area contributed by atoms with Crippen LogP contribution in [-0.4, -0.2) is 5.11 Å². The van der Waals surface area contributed by atoms with Gasteiger partial charge in [-0.3, -0.25) is 0 Å². The maximum atomic E-state index is 10.1. The molecule has 1 nitrogen and oxygen atoms in total. The molecule has 3 heteroatoms. The molecular formula is C11H12BrClO. The summed E-state index contributed by atoms with van der Waals surface area (Å²) in [4.78, 5) is 0. The summed E-state index contributed by atoms with van der Waals surface area (Å²) >= 11 is 9.48. The molecule has 0 bridgehead atoms. The topological polar surface area (TPSA) is 20.2 Å². The van der Waals surface area contributed by atoms with E-state index in [1.807, 2.05) is 18.2 Å². The molecule has 1 unspecified atom stereocenters. The summed E-state index contributed by atoms with van der Waals surface area (Å²) in [6.07, 6.45) is 3.04. The molecule has 0 amide bonds. The summed E-state index contributed by atoms with van der Waals surface area (Å²) in [5.74, 6) is 0.395. The molecule has 0 saturated heterocycles. The van der Waals surface area contributed by atoms with Crippen LogP contribution in [0.3, 0.4) is 0 Å². The van der Waals surface area contributed by atoms with E-state index in [9.17, 15) is 5.11 Å². The molecule has 1 aliphatic rings. The SMILES string of the molecule is OC(c1c(Cl)cccc1Br)C1CCC1. The van der Waals surface area contributed by atoms with Crippen LogP contribution in [0, 0.1) is 5.92 Å². The molecule has 14 heavy (non-hydrogen) atoms. The van der Waals surface area contributed by atoms with E-state index in [-0.39, 0.29) is 0 Å². The van der Waals surface area contributed by atoms with Crippen molar-refractivity contribution in [2.24, 2.45) is 5.92 Å². The number of hydrogen-bond acceptors (Lipinski definition) is 1. The standard InChI is InChI=1S/C11H12BrClO/c12-8-5-2-6-9(13)10(8)11(14)7-3-1-4-7/h2,5-7,11,14H,1,3-4H2. The first-order valence-electron chi connectivity index (χ1n) is 4.82. The quantitative estimate of drug-likeness (QED) is 0.867. The van der Waals surface area contributed by atoms with Crippen molar-refractivity contribution >= 4 is 27.5 Å². The predicted octanol–water partition coefficient (Wildman–Crippen LogP) is 3.94. The van der Waals surface area contributed by atoms with Crippen molar-refractivity contribution in [2.45, 2.75) is 25.4 Å². The summed E-state index contributed by atoms with van der Waals surface area (Å²) < 4.78 is 0.907. The van der Waals surface area contributed by atoms with Crippen LogP contribution in [0.15, 0.2) is 22.7 Å². The van der Waals surface area contributed by atoms with E-state index in [4.69, 9.17) is 11.6 Å². The van der Waals surface area contributed by atoms with Gasteiger partial charge in [-0.15, -0.1) is 0 Å². The summed E-state index contributed by atoms with van der Waals surface area (Å²) in [6.45, 7) is 0. The molecule has 76 valence electrons. The molecule has 1 aromatic carbocycles. The van der Waals surface area contributed by atoms with Crippen LogP contribution < -0.4 is 0 Å². The van der Waals surface area contributed by atoms with Gasteiger partial charge in [0, 0.05) is 15.1 Å². The van der Waals surface area contributed by atoms with E-state index in [2.05, 4.69) is 15.9 Å². The molecule has 2 rings (SSSR count). The van der Waals surface area contributed by atoms with Crippen LogP contribution >= 0.6 is 27.5 Å². The average Bonchev–Trinajstić information content (AvgIpc) is 2.00. The maximum absolute atomic E-state index is 10.1. The Kier molecular flexibility index (Phi) is 3.15. The minimum Gasteiger partial charge on any atom is -0.388 e. The van der Waals surface area contributed by atoms with E-state index in [1.165, 1.54) is 6.42 Å². The van der Waals surface area contributed by atoms with Gasteiger partial charge in [-0.1, -0.05) is 40.0 Å². The van der Waals surface area contributed by atoms with Crippen LogP contribution in [0.2, 0.25) is 5.02 Å². The van der Waals surface area contributed by atoms with Crippen molar-refractivity contribution in [3.05, 3.63) is 33.3 Å². The normalized spacial score (nSPS) is 19.1. The summed E-state index contributed by atoms with van der Waals surface area (Å²) in [5, 5.41) is 10.7. The van der Waals surface area contributed by atoms with Crippen molar-refractivity contribution in [2.75, 3.05) is 0 Å². The van der Waals surface area contributed by atoms with Gasteiger partial charge in [-0.25, -0.2) is 0 Å². The third kappa shape index (κ3) is 1.83. The highest BCUT2D eigenvalue weighted by molar-refractivity contribution is 9.10. The van der Waals surface area contributed by atoms with Crippen LogP contribution in [0.5, 0.6) is 0 Å². The Morgan fingerprint density at radius 1 is 1.43 bits per heavy atom. The van der Waals surface area contributed by atoms with Crippen LogP contribution in [0.1, 0.15) is 30.9 Å². The zero-order valence-electron chi connectivity index (χ0n) is 7.71. The number of aliphatic hydroxyl groups excluding tert-OH is 1. The number of rotatable bonds is 2. The first-order chi connectivity index (χ1) is 6.70. The Balaban J connectivity index is 2.29. The van der Waals surface area contributed by atoms with Crippen LogP contribution in [0.4, 0.5) is 0 Å². The lowest BCUT2D eigenvalue weighted by Crippen LogP contribution is -2.20. The largest absolute Gasteiger partial charge is 0.388 e. The fraction of sp³-hybridized carbons (Fsp3) is 0.455. The van der Waals surface area contributed by atoms with Crippen molar-refractivity contribution in [1.82, 2.24) is 0 Å². The highest BCUT2D eigenvalue weighted by Gasteiger charge is 2.29. The molecule has 1 aromatic rings. The number of halogens is 2. The molecule has 0 aromatic heterocycles. The van der Waals surface area contributed by atoms with Crippen molar-refractivity contribution in [3.8, 4) is 0 Å². The van der Waals surface area contributed by atoms with Gasteiger partial charge in [-0.05, 0) is 30.9 Å². The molecule has 1 saturated carbocycles. The Morgan fingerprint density at radius 3 is 2.64 bits per heavy atom. The van der Waals surface area contributed by atoms with E-state index in [0.29, 0.717) is 10.9 Å². The summed E-state index contributed by atoms with van der Waals surface area (Å²) in [5.41, 5.74) is 0.846. The molecular weight excluding hydrogens is 263 g/mol. The van der Waals surface area contributed by atoms with E-state index in [1.54, 1.807) is 0 Å². The van der Waals surface area contributed by atoms with Crippen molar-refractivity contribution in [1.29, 1.82) is 0 Å². The lowest BCUT2D eigenvalue weighted by Gasteiger charge is -2.31. The second-order valence-electron chi connectivity index (χ2n) is 3.77. The monoisotopic (exact) mass is 274 g/mol. The van der Waals surface area contributed by atoms with Gasteiger partial charge in [0.25, 0.3) is 0 Å². The van der Waals surface area contributed by atoms with Gasteiger partial charge in [0.15, 0.2) is 0 Å². The lowest BCUT2D eigenvalue weighted by molar-refractivity contribution is 0.0616. The minimum atomic E-state index is -0.410. The average molecular weight is 276 g/mol. The van der Waals surface area contributed by atoms with E-state index < -0.39 is 6.10 Å². The molecule has 1 fully saturated rings. The highest BCUT2D eigenvalue weighted by Crippen LogP contribution is 2.42. The molecule has 1 aliphatic carbocycles. The van der Waals surface area contributed by atoms with Crippen LogP contribution in [0.25, 0.3) is 0 Å². The smallest absolute Gasteiger partial charge is 0.0843 e. The van der Waals surface area contributed by atoms with E-state index >= 15 is 0 Å². The summed E-state index contributed by atoms with van der Waals surface area (Å²) in [6, 6.07) is 5.62. The maximum Gasteiger partial charge on any atom is 0.0843 e. The third-order valence-corrected chi connectivity index (χ3v) is 3.91. The Hall–Kier alpha value is -0.0500. The first kappa shape index (κ1) is 10.5. The second kappa shape index (κ2) is 4.21. The summed E-state index contributed by atoms with van der Waals surface area (Å²) in [7, 11) is 0. The molecule has 0 spiro atoms. The number of aliphatic hydroxyl groups is 1. The molecule has 0 radical (unpaired) electrons. The van der Waals surface area contributed by atoms with Gasteiger partial charge in [0.1, 0.15) is 0 Å². The highest BCUT2D eigenvalue weighted by atomic mass is 79.9. The van der Waals surface area contributed by atoms with Crippen molar-refractivity contribution in [3.63, 3.8) is 0 Å². The molecule has 1 N–H and O–H groups in total. The van der Waals surface area contributed by atoms with Gasteiger partial charge in [-0.2, -0.15) is 0 Å². The fourth-order valence-corrected chi connectivity index (χ4v) is 2.79. The lowest BCUT2D eigenvalue weighted by atomic mass is 9.79. The first-order valence-corrected chi connectivity index (χ1v) is 5.99. The van der Waals surface area contributed by atoms with Gasteiger partial charge < -0.3 is 5.11 Å². The van der Waals surface area contributed by atoms with Crippen molar-refractivity contribution < 1.29 is 5.11 Å². The third-order valence-electron chi connectivity index (χ3n) is 2.89. The van der Waals surface area contributed by atoms with Gasteiger partial charge >= 0.3 is 0 Å². The minimum absolute atomic E-state index is 0.395. The van der Waals surface area contributed by atoms with E-state index in [0.717, 1.165) is 22.9 Å². The predicted molar refractivity (Wildman–Crippen MR) is 61.5 cm³/mol. The Labute approximate surface area is 97.2 Å². The van der Waals surface area contributed by atoms with Gasteiger partial charge in [0.2, 0.25) is 0 Å². The number of hydrogen-bond donors (Lipinski definition) is 1. The molecule has 1 atom stereocenters. The molecule has 0 heterocycles. The zero-order chi connectivity index (χ0) is 10.1. The van der Waals surface area contributed by atoms with Gasteiger partial charge in [0.05, 0.1) is 6.10 Å². The van der Waals surface area contributed by atoms with Crippen LogP contribution in [-0.2, 0) is 0 Å².